The van der Waals surface area contributed by atoms with Crippen molar-refractivity contribution in [1.29, 1.82) is 0 Å². The zero-order valence-electron chi connectivity index (χ0n) is 10.4. The Labute approximate surface area is 141 Å². The number of benzene rings is 2. The van der Waals surface area contributed by atoms with Gasteiger partial charge in [-0.15, -0.1) is 0 Å². The summed E-state index contributed by atoms with van der Waals surface area (Å²) in [5, 5.41) is 5.49. The van der Waals surface area contributed by atoms with E-state index in [1.54, 1.807) is 24.3 Å². The van der Waals surface area contributed by atoms with Gasteiger partial charge in [-0.3, -0.25) is 4.79 Å². The van der Waals surface area contributed by atoms with Gasteiger partial charge in [0.2, 0.25) is 0 Å². The fourth-order valence-electron chi connectivity index (χ4n) is 1.50. The van der Waals surface area contributed by atoms with Crippen molar-refractivity contribution in [3.63, 3.8) is 0 Å². The smallest absolute Gasteiger partial charge is 0.267 e. The van der Waals surface area contributed by atoms with E-state index in [2.05, 4.69) is 10.5 Å². The van der Waals surface area contributed by atoms with Gasteiger partial charge >= 0.3 is 0 Å². The molecule has 1 amide bonds. The summed E-state index contributed by atoms with van der Waals surface area (Å²) < 4.78 is 0. The molecule has 0 atom stereocenters. The van der Waals surface area contributed by atoms with E-state index in [-0.39, 0.29) is 10.6 Å². The standard InChI is InChI=1S/C14H8Cl4N2O/c15-9-2-1-8(12(17)5-9)7-19-20-14(21)11-4-3-10(16)6-13(11)18/h1-7H,(H,20,21). The maximum absolute atomic E-state index is 11.9. The molecule has 0 bridgehead atoms. The molecule has 0 aliphatic carbocycles. The van der Waals surface area contributed by atoms with Crippen LogP contribution in [0, 0.1) is 0 Å². The molecule has 21 heavy (non-hydrogen) atoms. The SMILES string of the molecule is O=C(NN=Cc1ccc(Cl)cc1Cl)c1ccc(Cl)cc1Cl. The highest BCUT2D eigenvalue weighted by molar-refractivity contribution is 6.37. The van der Waals surface area contributed by atoms with Gasteiger partial charge in [0.15, 0.2) is 0 Å². The van der Waals surface area contributed by atoms with Gasteiger partial charge in [0, 0.05) is 15.6 Å². The number of hydrogen-bond donors (Lipinski definition) is 1. The van der Waals surface area contributed by atoms with Crippen LogP contribution < -0.4 is 5.43 Å². The quantitative estimate of drug-likeness (QED) is 0.602. The summed E-state index contributed by atoms with van der Waals surface area (Å²) in [5.74, 6) is -0.446. The highest BCUT2D eigenvalue weighted by Gasteiger charge is 2.09. The van der Waals surface area contributed by atoms with E-state index in [0.29, 0.717) is 20.6 Å². The zero-order chi connectivity index (χ0) is 15.4. The molecule has 0 saturated carbocycles. The van der Waals surface area contributed by atoms with Crippen molar-refractivity contribution in [2.75, 3.05) is 0 Å². The third-order valence-electron chi connectivity index (χ3n) is 2.51. The lowest BCUT2D eigenvalue weighted by Gasteiger charge is -2.03. The van der Waals surface area contributed by atoms with E-state index < -0.39 is 5.91 Å². The summed E-state index contributed by atoms with van der Waals surface area (Å²) in [6.07, 6.45) is 1.42. The van der Waals surface area contributed by atoms with Gasteiger partial charge in [0.25, 0.3) is 5.91 Å². The predicted molar refractivity (Wildman–Crippen MR) is 88.0 cm³/mol. The molecule has 2 aromatic rings. The Morgan fingerprint density at radius 3 is 2.19 bits per heavy atom. The van der Waals surface area contributed by atoms with Crippen LogP contribution in [0.15, 0.2) is 41.5 Å². The first-order valence-corrected chi connectivity index (χ1v) is 7.22. The van der Waals surface area contributed by atoms with Crippen LogP contribution in [0.2, 0.25) is 20.1 Å². The molecule has 0 aliphatic heterocycles. The maximum atomic E-state index is 11.9. The van der Waals surface area contributed by atoms with Crippen LogP contribution in [0.25, 0.3) is 0 Å². The molecule has 1 N–H and O–H groups in total. The van der Waals surface area contributed by atoms with Gasteiger partial charge < -0.3 is 0 Å². The van der Waals surface area contributed by atoms with Crippen molar-refractivity contribution in [3.05, 3.63) is 67.6 Å². The molecule has 7 heteroatoms. The summed E-state index contributed by atoms with van der Waals surface area (Å²) >= 11 is 23.5. The predicted octanol–water partition coefficient (Wildman–Crippen LogP) is 5.06. The second kappa shape index (κ2) is 7.14. The molecule has 2 rings (SSSR count). The van der Waals surface area contributed by atoms with Gasteiger partial charge in [0.1, 0.15) is 0 Å². The van der Waals surface area contributed by atoms with Gasteiger partial charge in [-0.05, 0) is 30.3 Å². The van der Waals surface area contributed by atoms with Crippen molar-refractivity contribution in [2.45, 2.75) is 0 Å². The average Bonchev–Trinajstić information content (AvgIpc) is 2.41. The Morgan fingerprint density at radius 2 is 1.57 bits per heavy atom. The lowest BCUT2D eigenvalue weighted by Crippen LogP contribution is -2.18. The first-order chi connectivity index (χ1) is 9.97. The largest absolute Gasteiger partial charge is 0.272 e. The van der Waals surface area contributed by atoms with E-state index in [1.807, 2.05) is 0 Å². The molecule has 0 unspecified atom stereocenters. The summed E-state index contributed by atoms with van der Waals surface area (Å²) in [4.78, 5) is 11.9. The summed E-state index contributed by atoms with van der Waals surface area (Å²) in [6.45, 7) is 0. The topological polar surface area (TPSA) is 41.5 Å². The van der Waals surface area contributed by atoms with Gasteiger partial charge in [-0.1, -0.05) is 52.5 Å². The molecule has 0 radical (unpaired) electrons. The van der Waals surface area contributed by atoms with Crippen molar-refractivity contribution >= 4 is 58.5 Å². The van der Waals surface area contributed by atoms with Crippen LogP contribution in [0.3, 0.4) is 0 Å². The molecule has 108 valence electrons. The van der Waals surface area contributed by atoms with Crippen LogP contribution in [0.4, 0.5) is 0 Å². The molecule has 0 fully saturated rings. The molecule has 2 aromatic carbocycles. The molecular formula is C14H8Cl4N2O. The van der Waals surface area contributed by atoms with Gasteiger partial charge in [0.05, 0.1) is 21.8 Å². The molecule has 3 nitrogen and oxygen atoms in total. The van der Waals surface area contributed by atoms with E-state index in [0.717, 1.165) is 0 Å². The second-order valence-electron chi connectivity index (χ2n) is 3.99. The van der Waals surface area contributed by atoms with Crippen LogP contribution in [0.1, 0.15) is 15.9 Å². The summed E-state index contributed by atoms with van der Waals surface area (Å²) in [6, 6.07) is 9.52. The van der Waals surface area contributed by atoms with Gasteiger partial charge in [-0.2, -0.15) is 5.10 Å². The third kappa shape index (κ3) is 4.35. The van der Waals surface area contributed by atoms with E-state index >= 15 is 0 Å². The Morgan fingerprint density at radius 1 is 0.952 bits per heavy atom. The van der Waals surface area contributed by atoms with Crippen molar-refractivity contribution in [3.8, 4) is 0 Å². The third-order valence-corrected chi connectivity index (χ3v) is 3.62. The van der Waals surface area contributed by atoms with Crippen molar-refractivity contribution < 1.29 is 4.79 Å². The number of hydrazone groups is 1. The molecule has 0 heterocycles. The van der Waals surface area contributed by atoms with Crippen molar-refractivity contribution in [1.82, 2.24) is 5.43 Å². The number of halogens is 4. The highest BCUT2D eigenvalue weighted by atomic mass is 35.5. The first kappa shape index (κ1) is 16.1. The average molecular weight is 362 g/mol. The monoisotopic (exact) mass is 360 g/mol. The number of rotatable bonds is 3. The Bertz CT molecular complexity index is 716. The van der Waals surface area contributed by atoms with Crippen LogP contribution in [0.5, 0.6) is 0 Å². The molecule has 0 spiro atoms. The fraction of sp³-hybridized carbons (Fsp3) is 0. The lowest BCUT2D eigenvalue weighted by molar-refractivity contribution is 0.0955. The van der Waals surface area contributed by atoms with E-state index in [1.165, 1.54) is 18.3 Å². The van der Waals surface area contributed by atoms with Crippen LogP contribution in [-0.2, 0) is 0 Å². The number of carbonyl (C=O) groups is 1. The van der Waals surface area contributed by atoms with Crippen LogP contribution in [-0.4, -0.2) is 12.1 Å². The highest BCUT2D eigenvalue weighted by Crippen LogP contribution is 2.21. The zero-order valence-corrected chi connectivity index (χ0v) is 13.4. The molecular weight excluding hydrogens is 354 g/mol. The Balaban J connectivity index is 2.08. The Kier molecular flexibility index (Phi) is 5.48. The summed E-state index contributed by atoms with van der Waals surface area (Å²) in [7, 11) is 0. The number of carbonyl (C=O) groups excluding carboxylic acids is 1. The second-order valence-corrected chi connectivity index (χ2v) is 5.68. The van der Waals surface area contributed by atoms with E-state index in [4.69, 9.17) is 46.4 Å². The van der Waals surface area contributed by atoms with Gasteiger partial charge in [-0.25, -0.2) is 5.43 Å². The van der Waals surface area contributed by atoms with Crippen LogP contribution >= 0.6 is 46.4 Å². The number of nitrogens with one attached hydrogen (secondary N) is 1. The normalized spacial score (nSPS) is 10.9. The maximum Gasteiger partial charge on any atom is 0.272 e. The molecule has 0 saturated heterocycles. The Hall–Kier alpha value is -1.26. The molecule has 0 aliphatic rings. The number of amides is 1. The lowest BCUT2D eigenvalue weighted by atomic mass is 10.2. The minimum atomic E-state index is -0.446. The number of nitrogens with zero attached hydrogens (tertiary/aromatic N) is 1. The summed E-state index contributed by atoms with van der Waals surface area (Å²) in [5.41, 5.74) is 3.27. The fourth-order valence-corrected chi connectivity index (χ4v) is 2.45. The first-order valence-electron chi connectivity index (χ1n) is 5.71. The number of hydrogen-bond acceptors (Lipinski definition) is 2. The minimum absolute atomic E-state index is 0.250. The minimum Gasteiger partial charge on any atom is -0.267 e. The molecule has 0 aromatic heterocycles. The van der Waals surface area contributed by atoms with Crippen molar-refractivity contribution in [2.24, 2.45) is 5.10 Å². The van der Waals surface area contributed by atoms with E-state index in [9.17, 15) is 4.79 Å².